The second-order valence-electron chi connectivity index (χ2n) is 5.57. The van der Waals surface area contributed by atoms with Crippen LogP contribution in [0.1, 0.15) is 48.6 Å². The Morgan fingerprint density at radius 1 is 1.40 bits per heavy atom. The van der Waals surface area contributed by atoms with Gasteiger partial charge in [0.1, 0.15) is 5.92 Å². The van der Waals surface area contributed by atoms with Crippen molar-refractivity contribution in [2.24, 2.45) is 0 Å². The van der Waals surface area contributed by atoms with Crippen LogP contribution in [-0.4, -0.2) is 33.6 Å². The Balaban J connectivity index is 1.77. The Kier molecular flexibility index (Phi) is 4.21. The number of carbonyl (C=O) groups is 1. The molecule has 1 aromatic heterocycles. The van der Waals surface area contributed by atoms with Gasteiger partial charge < -0.3 is 10.4 Å². The first-order chi connectivity index (χ1) is 9.69. The van der Waals surface area contributed by atoms with Crippen molar-refractivity contribution in [1.82, 2.24) is 4.98 Å². The van der Waals surface area contributed by atoms with E-state index in [0.29, 0.717) is 11.3 Å². The van der Waals surface area contributed by atoms with Gasteiger partial charge in [-0.3, -0.25) is 4.79 Å². The lowest BCUT2D eigenvalue weighted by Crippen LogP contribution is -2.25. The second kappa shape index (κ2) is 5.93. The van der Waals surface area contributed by atoms with Crippen molar-refractivity contribution < 1.29 is 9.90 Å². The number of anilines is 1. The molecule has 2 aliphatic rings. The molecule has 1 saturated carbocycles. The maximum absolute atomic E-state index is 11.3. The van der Waals surface area contributed by atoms with Gasteiger partial charge in [-0.1, -0.05) is 6.42 Å². The zero-order valence-corrected chi connectivity index (χ0v) is 13.2. The Bertz CT molecular complexity index is 503. The van der Waals surface area contributed by atoms with Crippen molar-refractivity contribution in [3.05, 3.63) is 10.6 Å². The minimum atomic E-state index is -0.731. The molecule has 1 fully saturated rings. The van der Waals surface area contributed by atoms with Gasteiger partial charge in [-0.2, -0.15) is 11.8 Å². The third kappa shape index (κ3) is 2.68. The molecule has 6 heteroatoms. The van der Waals surface area contributed by atoms with Gasteiger partial charge in [-0.05, 0) is 38.4 Å². The van der Waals surface area contributed by atoms with Gasteiger partial charge in [0.25, 0.3) is 0 Å². The Morgan fingerprint density at radius 3 is 3.00 bits per heavy atom. The van der Waals surface area contributed by atoms with Crippen LogP contribution in [0.5, 0.6) is 0 Å². The molecule has 1 heterocycles. The van der Waals surface area contributed by atoms with E-state index in [4.69, 9.17) is 0 Å². The number of nitrogens with zero attached hydrogens (tertiary/aromatic N) is 1. The normalized spacial score (nSPS) is 29.1. The Hall–Kier alpha value is -0.750. The van der Waals surface area contributed by atoms with Gasteiger partial charge >= 0.3 is 5.97 Å². The minimum absolute atomic E-state index is 0.398. The van der Waals surface area contributed by atoms with E-state index in [0.717, 1.165) is 30.1 Å². The summed E-state index contributed by atoms with van der Waals surface area (Å²) in [6.07, 6.45) is 8.56. The van der Waals surface area contributed by atoms with Crippen LogP contribution in [0.4, 0.5) is 5.13 Å². The van der Waals surface area contributed by atoms with Gasteiger partial charge in [0.05, 0.1) is 5.69 Å². The molecule has 3 unspecified atom stereocenters. The van der Waals surface area contributed by atoms with Gasteiger partial charge in [-0.15, -0.1) is 11.3 Å². The maximum atomic E-state index is 11.3. The second-order valence-corrected chi connectivity index (χ2v) is 7.73. The Morgan fingerprint density at radius 2 is 2.25 bits per heavy atom. The number of fused-ring (bicyclic) bond motifs is 1. The molecular weight excluding hydrogens is 292 g/mol. The van der Waals surface area contributed by atoms with Gasteiger partial charge in [-0.25, -0.2) is 4.98 Å². The van der Waals surface area contributed by atoms with Crippen molar-refractivity contribution in [3.8, 4) is 0 Å². The number of aryl methyl sites for hydroxylation is 1. The summed E-state index contributed by atoms with van der Waals surface area (Å²) in [6, 6.07) is 0.487. The van der Waals surface area contributed by atoms with Crippen molar-refractivity contribution in [1.29, 1.82) is 0 Å². The molecule has 0 amide bonds. The number of thiazole rings is 1. The number of hydrogen-bond donors (Lipinski definition) is 2. The molecule has 4 nitrogen and oxygen atoms in total. The van der Waals surface area contributed by atoms with Gasteiger partial charge in [0, 0.05) is 16.2 Å². The highest BCUT2D eigenvalue weighted by Crippen LogP contribution is 2.38. The number of rotatable bonds is 4. The number of nitrogens with one attached hydrogen (secondary N) is 1. The minimum Gasteiger partial charge on any atom is -0.481 e. The van der Waals surface area contributed by atoms with Crippen LogP contribution in [-0.2, 0) is 11.2 Å². The molecular formula is C14H20N2O2S2. The quantitative estimate of drug-likeness (QED) is 0.893. The largest absolute Gasteiger partial charge is 0.481 e. The van der Waals surface area contributed by atoms with Crippen LogP contribution >= 0.6 is 23.1 Å². The average molecular weight is 312 g/mol. The SMILES string of the molecule is CSC1CCCC1Nc1nc2c(s1)CCCC2C(=O)O. The van der Waals surface area contributed by atoms with E-state index in [2.05, 4.69) is 16.6 Å². The molecule has 20 heavy (non-hydrogen) atoms. The van der Waals surface area contributed by atoms with Crippen LogP contribution in [0.25, 0.3) is 0 Å². The summed E-state index contributed by atoms with van der Waals surface area (Å²) < 4.78 is 0. The average Bonchev–Trinajstić information content (AvgIpc) is 3.03. The predicted octanol–water partition coefficient (Wildman–Crippen LogP) is 3.34. The summed E-state index contributed by atoms with van der Waals surface area (Å²) in [5.74, 6) is -1.13. The van der Waals surface area contributed by atoms with Crippen LogP contribution in [0, 0.1) is 0 Å². The van der Waals surface area contributed by atoms with E-state index in [1.807, 2.05) is 11.8 Å². The fourth-order valence-electron chi connectivity index (χ4n) is 3.25. The van der Waals surface area contributed by atoms with Crippen LogP contribution in [0.3, 0.4) is 0 Å². The first kappa shape index (κ1) is 14.2. The highest BCUT2D eigenvalue weighted by atomic mass is 32.2. The summed E-state index contributed by atoms with van der Waals surface area (Å²) in [7, 11) is 0. The van der Waals surface area contributed by atoms with Crippen LogP contribution in [0.2, 0.25) is 0 Å². The van der Waals surface area contributed by atoms with E-state index in [1.165, 1.54) is 24.1 Å². The zero-order chi connectivity index (χ0) is 14.1. The van der Waals surface area contributed by atoms with E-state index in [1.54, 1.807) is 11.3 Å². The molecule has 0 aliphatic heterocycles. The molecule has 0 spiro atoms. The molecule has 3 atom stereocenters. The lowest BCUT2D eigenvalue weighted by atomic mass is 9.91. The molecule has 0 radical (unpaired) electrons. The predicted molar refractivity (Wildman–Crippen MR) is 84.0 cm³/mol. The number of aliphatic carboxylic acids is 1. The summed E-state index contributed by atoms with van der Waals surface area (Å²) in [5.41, 5.74) is 0.815. The molecule has 2 aliphatic carbocycles. The van der Waals surface area contributed by atoms with Crippen LogP contribution < -0.4 is 5.32 Å². The number of aromatic nitrogens is 1. The fraction of sp³-hybridized carbons (Fsp3) is 0.714. The summed E-state index contributed by atoms with van der Waals surface area (Å²) in [6.45, 7) is 0. The summed E-state index contributed by atoms with van der Waals surface area (Å²) in [5, 5.41) is 14.4. The van der Waals surface area contributed by atoms with Gasteiger partial charge in [0.15, 0.2) is 5.13 Å². The van der Waals surface area contributed by atoms with E-state index >= 15 is 0 Å². The van der Waals surface area contributed by atoms with Gasteiger partial charge in [0.2, 0.25) is 0 Å². The van der Waals surface area contributed by atoms with Crippen molar-refractivity contribution >= 4 is 34.2 Å². The van der Waals surface area contributed by atoms with E-state index in [-0.39, 0.29) is 0 Å². The van der Waals surface area contributed by atoms with Crippen molar-refractivity contribution in [2.75, 3.05) is 11.6 Å². The molecule has 3 rings (SSSR count). The molecule has 0 bridgehead atoms. The Labute approximate surface area is 127 Å². The van der Waals surface area contributed by atoms with E-state index < -0.39 is 11.9 Å². The molecule has 2 N–H and O–H groups in total. The number of thioether (sulfide) groups is 1. The smallest absolute Gasteiger partial charge is 0.312 e. The first-order valence-electron chi connectivity index (χ1n) is 7.20. The molecule has 0 aromatic carbocycles. The fourth-order valence-corrected chi connectivity index (χ4v) is 5.31. The molecule has 1 aromatic rings. The van der Waals surface area contributed by atoms with Crippen molar-refractivity contribution in [2.45, 2.75) is 55.7 Å². The number of carboxylic acids is 1. The van der Waals surface area contributed by atoms with Crippen LogP contribution in [0.15, 0.2) is 0 Å². The van der Waals surface area contributed by atoms with E-state index in [9.17, 15) is 9.90 Å². The maximum Gasteiger partial charge on any atom is 0.312 e. The van der Waals surface area contributed by atoms with Crippen molar-refractivity contribution in [3.63, 3.8) is 0 Å². The highest BCUT2D eigenvalue weighted by molar-refractivity contribution is 7.99. The molecule has 110 valence electrons. The third-order valence-corrected chi connectivity index (χ3v) is 6.55. The highest BCUT2D eigenvalue weighted by Gasteiger charge is 2.32. The lowest BCUT2D eigenvalue weighted by molar-refractivity contribution is -0.139. The number of hydrogen-bond acceptors (Lipinski definition) is 5. The lowest BCUT2D eigenvalue weighted by Gasteiger charge is -2.18. The topological polar surface area (TPSA) is 62.2 Å². The molecule has 0 saturated heterocycles. The summed E-state index contributed by atoms with van der Waals surface area (Å²) >= 11 is 3.58. The standard InChI is InChI=1S/C14H20N2O2S2/c1-19-10-6-3-5-9(10)15-14-16-12-8(13(17)18)4-2-7-11(12)20-14/h8-10H,2-7H2,1H3,(H,15,16)(H,17,18). The zero-order valence-electron chi connectivity index (χ0n) is 11.6. The summed E-state index contributed by atoms with van der Waals surface area (Å²) in [4.78, 5) is 17.1. The monoisotopic (exact) mass is 312 g/mol. The third-order valence-electron chi connectivity index (χ3n) is 4.32. The number of carboxylic acid groups (broad SMARTS) is 1. The first-order valence-corrected chi connectivity index (χ1v) is 9.31.